The molecule has 0 fully saturated rings. The quantitative estimate of drug-likeness (QED) is 0.738. The maximum Gasteiger partial charge on any atom is 0.148 e. The van der Waals surface area contributed by atoms with Crippen molar-refractivity contribution < 1.29 is 0 Å². The minimum atomic E-state index is 0.0256. The van der Waals surface area contributed by atoms with E-state index in [0.717, 1.165) is 21.9 Å². The monoisotopic (exact) mass is 246 g/mol. The summed E-state index contributed by atoms with van der Waals surface area (Å²) in [6.07, 6.45) is 3.05. The Labute approximate surface area is 101 Å². The highest BCUT2D eigenvalue weighted by Gasteiger charge is 2.11. The minimum Gasteiger partial charge on any atom is -0.359 e. The zero-order chi connectivity index (χ0) is 11.7. The summed E-state index contributed by atoms with van der Waals surface area (Å²) in [4.78, 5) is 12.6. The number of anilines is 1. The van der Waals surface area contributed by atoms with Crippen molar-refractivity contribution in [2.24, 2.45) is 0 Å². The van der Waals surface area contributed by atoms with Gasteiger partial charge in [-0.3, -0.25) is 5.10 Å². The van der Waals surface area contributed by atoms with Gasteiger partial charge in [-0.15, -0.1) is 11.3 Å². The standard InChI is InChI=1S/C10H10N6S/c1-6(9-13-5-14-16-9)15-10-8-7(2-3-17-8)11-4-12-10/h2-6H,1H3,(H,11,12,15)(H,13,14,16). The van der Waals surface area contributed by atoms with Crippen molar-refractivity contribution >= 4 is 27.4 Å². The van der Waals surface area contributed by atoms with Crippen molar-refractivity contribution in [2.75, 3.05) is 5.32 Å². The van der Waals surface area contributed by atoms with Crippen molar-refractivity contribution in [2.45, 2.75) is 13.0 Å². The summed E-state index contributed by atoms with van der Waals surface area (Å²) in [6.45, 7) is 2.00. The molecule has 3 aromatic heterocycles. The fraction of sp³-hybridized carbons (Fsp3) is 0.200. The van der Waals surface area contributed by atoms with E-state index in [0.29, 0.717) is 0 Å². The van der Waals surface area contributed by atoms with E-state index in [1.165, 1.54) is 6.33 Å². The summed E-state index contributed by atoms with van der Waals surface area (Å²) < 4.78 is 1.05. The molecule has 86 valence electrons. The van der Waals surface area contributed by atoms with Crippen LogP contribution in [0.3, 0.4) is 0 Å². The molecule has 0 saturated heterocycles. The topological polar surface area (TPSA) is 79.4 Å². The molecule has 1 atom stereocenters. The molecule has 0 aromatic carbocycles. The smallest absolute Gasteiger partial charge is 0.148 e. The summed E-state index contributed by atoms with van der Waals surface area (Å²) in [5.41, 5.74) is 0.956. The molecule has 0 aliphatic heterocycles. The molecular formula is C10H10N6S. The summed E-state index contributed by atoms with van der Waals surface area (Å²) >= 11 is 1.62. The second-order valence-electron chi connectivity index (χ2n) is 3.59. The van der Waals surface area contributed by atoms with Gasteiger partial charge in [0.2, 0.25) is 0 Å². The van der Waals surface area contributed by atoms with Crippen molar-refractivity contribution in [3.05, 3.63) is 29.9 Å². The lowest BCUT2D eigenvalue weighted by atomic mass is 10.3. The first kappa shape index (κ1) is 10.2. The maximum absolute atomic E-state index is 4.26. The Morgan fingerprint density at radius 1 is 1.29 bits per heavy atom. The molecule has 6 nitrogen and oxygen atoms in total. The Kier molecular flexibility index (Phi) is 2.45. The van der Waals surface area contributed by atoms with Gasteiger partial charge in [0, 0.05) is 0 Å². The Balaban J connectivity index is 1.92. The van der Waals surface area contributed by atoms with Crippen LogP contribution in [0, 0.1) is 0 Å². The molecule has 0 amide bonds. The minimum absolute atomic E-state index is 0.0256. The van der Waals surface area contributed by atoms with E-state index in [2.05, 4.69) is 30.5 Å². The van der Waals surface area contributed by atoms with Crippen molar-refractivity contribution in [1.82, 2.24) is 25.1 Å². The molecule has 1 unspecified atom stereocenters. The number of aromatic amines is 1. The molecule has 3 aromatic rings. The van der Waals surface area contributed by atoms with E-state index in [4.69, 9.17) is 0 Å². The number of nitrogens with zero attached hydrogens (tertiary/aromatic N) is 4. The first-order valence-corrected chi connectivity index (χ1v) is 6.02. The third-order valence-corrected chi connectivity index (χ3v) is 3.35. The second-order valence-corrected chi connectivity index (χ2v) is 4.51. The van der Waals surface area contributed by atoms with Crippen LogP contribution < -0.4 is 5.32 Å². The molecule has 2 N–H and O–H groups in total. The summed E-state index contributed by atoms with van der Waals surface area (Å²) in [7, 11) is 0. The molecule has 17 heavy (non-hydrogen) atoms. The lowest BCUT2D eigenvalue weighted by Crippen LogP contribution is -2.09. The van der Waals surface area contributed by atoms with Crippen LogP contribution >= 0.6 is 11.3 Å². The fourth-order valence-electron chi connectivity index (χ4n) is 1.59. The van der Waals surface area contributed by atoms with Crippen molar-refractivity contribution in [1.29, 1.82) is 0 Å². The normalized spacial score (nSPS) is 12.8. The SMILES string of the molecule is CC(Nc1ncnc2ccsc12)c1ncn[nH]1. The highest BCUT2D eigenvalue weighted by Crippen LogP contribution is 2.26. The van der Waals surface area contributed by atoms with Gasteiger partial charge in [0.05, 0.1) is 16.3 Å². The van der Waals surface area contributed by atoms with Crippen LogP contribution in [0.5, 0.6) is 0 Å². The molecule has 3 heterocycles. The first-order valence-electron chi connectivity index (χ1n) is 5.14. The molecule has 0 saturated carbocycles. The molecule has 3 rings (SSSR count). The Bertz CT molecular complexity index is 617. The average molecular weight is 246 g/mol. The van der Waals surface area contributed by atoms with Gasteiger partial charge in [0.15, 0.2) is 0 Å². The Morgan fingerprint density at radius 2 is 2.24 bits per heavy atom. The molecule has 0 radical (unpaired) electrons. The van der Waals surface area contributed by atoms with Gasteiger partial charge in [-0.05, 0) is 18.4 Å². The van der Waals surface area contributed by atoms with Crippen molar-refractivity contribution in [3.8, 4) is 0 Å². The van der Waals surface area contributed by atoms with Crippen LogP contribution in [0.1, 0.15) is 18.8 Å². The molecular weight excluding hydrogens is 236 g/mol. The van der Waals surface area contributed by atoms with Crippen LogP contribution in [-0.4, -0.2) is 25.1 Å². The molecule has 0 spiro atoms. The van der Waals surface area contributed by atoms with E-state index >= 15 is 0 Å². The van der Waals surface area contributed by atoms with Crippen LogP contribution in [0.15, 0.2) is 24.1 Å². The number of aromatic nitrogens is 5. The van der Waals surface area contributed by atoms with Gasteiger partial charge < -0.3 is 5.32 Å². The fourth-order valence-corrected chi connectivity index (χ4v) is 2.39. The van der Waals surface area contributed by atoms with E-state index < -0.39 is 0 Å². The predicted octanol–water partition coefficient (Wildman–Crippen LogP) is 1.98. The maximum atomic E-state index is 4.26. The Morgan fingerprint density at radius 3 is 3.06 bits per heavy atom. The van der Waals surface area contributed by atoms with Crippen LogP contribution in [0.2, 0.25) is 0 Å². The van der Waals surface area contributed by atoms with E-state index in [1.54, 1.807) is 17.7 Å². The lowest BCUT2D eigenvalue weighted by molar-refractivity contribution is 0.791. The summed E-state index contributed by atoms with van der Waals surface area (Å²) in [5, 5.41) is 12.0. The van der Waals surface area contributed by atoms with Crippen molar-refractivity contribution in [3.63, 3.8) is 0 Å². The molecule has 0 aliphatic rings. The highest BCUT2D eigenvalue weighted by atomic mass is 32.1. The van der Waals surface area contributed by atoms with Crippen LogP contribution in [-0.2, 0) is 0 Å². The second kappa shape index (κ2) is 4.10. The Hall–Kier alpha value is -2.02. The lowest BCUT2D eigenvalue weighted by Gasteiger charge is -2.11. The van der Waals surface area contributed by atoms with E-state index in [9.17, 15) is 0 Å². The van der Waals surface area contributed by atoms with Crippen LogP contribution in [0.4, 0.5) is 5.82 Å². The van der Waals surface area contributed by atoms with Gasteiger partial charge >= 0.3 is 0 Å². The predicted molar refractivity (Wildman–Crippen MR) is 65.8 cm³/mol. The number of hydrogen-bond donors (Lipinski definition) is 2. The zero-order valence-electron chi connectivity index (χ0n) is 9.08. The van der Waals surface area contributed by atoms with E-state index in [1.807, 2.05) is 18.4 Å². The number of rotatable bonds is 3. The van der Waals surface area contributed by atoms with E-state index in [-0.39, 0.29) is 6.04 Å². The van der Waals surface area contributed by atoms with Gasteiger partial charge in [-0.25, -0.2) is 15.0 Å². The highest BCUT2D eigenvalue weighted by molar-refractivity contribution is 7.17. The third kappa shape index (κ3) is 1.84. The first-order chi connectivity index (χ1) is 8.34. The molecule has 0 aliphatic carbocycles. The average Bonchev–Trinajstić information content (AvgIpc) is 3.00. The van der Waals surface area contributed by atoms with Gasteiger partial charge in [-0.2, -0.15) is 5.10 Å². The third-order valence-electron chi connectivity index (χ3n) is 2.44. The molecule has 0 bridgehead atoms. The van der Waals surface area contributed by atoms with Gasteiger partial charge in [0.25, 0.3) is 0 Å². The molecule has 7 heteroatoms. The summed E-state index contributed by atoms with van der Waals surface area (Å²) in [5.74, 6) is 1.61. The number of thiophene rings is 1. The van der Waals surface area contributed by atoms with Gasteiger partial charge in [-0.1, -0.05) is 0 Å². The number of nitrogens with one attached hydrogen (secondary N) is 2. The van der Waals surface area contributed by atoms with Crippen LogP contribution in [0.25, 0.3) is 10.2 Å². The zero-order valence-corrected chi connectivity index (χ0v) is 9.90. The number of fused-ring (bicyclic) bond motifs is 1. The van der Waals surface area contributed by atoms with Gasteiger partial charge in [0.1, 0.15) is 24.3 Å². The largest absolute Gasteiger partial charge is 0.359 e. The number of H-pyrrole nitrogens is 1. The number of hydrogen-bond acceptors (Lipinski definition) is 6. The summed E-state index contributed by atoms with van der Waals surface area (Å²) in [6, 6.07) is 2.00.